The van der Waals surface area contributed by atoms with Crippen LogP contribution in [0.25, 0.3) is 0 Å². The Balaban J connectivity index is 1.70. The third-order valence-electron chi connectivity index (χ3n) is 8.42. The van der Waals surface area contributed by atoms with E-state index in [0.29, 0.717) is 36.7 Å². The maximum absolute atomic E-state index is 14.2. The van der Waals surface area contributed by atoms with Gasteiger partial charge in [0.15, 0.2) is 0 Å². The van der Waals surface area contributed by atoms with Crippen molar-refractivity contribution in [3.05, 3.63) is 70.8 Å². The van der Waals surface area contributed by atoms with Gasteiger partial charge in [-0.1, -0.05) is 45.7 Å². The highest BCUT2D eigenvalue weighted by Crippen LogP contribution is 2.48. The van der Waals surface area contributed by atoms with Crippen molar-refractivity contribution in [2.24, 2.45) is 16.8 Å². The number of aliphatic carboxylic acids is 1. The molecule has 0 saturated heterocycles. The lowest BCUT2D eigenvalue weighted by Crippen LogP contribution is -2.51. The molecule has 9 heteroatoms. The number of nitrogens with zero attached hydrogens (tertiary/aromatic N) is 2. The van der Waals surface area contributed by atoms with Gasteiger partial charge in [-0.15, -0.1) is 0 Å². The van der Waals surface area contributed by atoms with Gasteiger partial charge >= 0.3 is 5.97 Å². The predicted molar refractivity (Wildman–Crippen MR) is 153 cm³/mol. The van der Waals surface area contributed by atoms with Crippen molar-refractivity contribution in [2.45, 2.75) is 83.8 Å². The second-order valence-corrected chi connectivity index (χ2v) is 11.5. The summed E-state index contributed by atoms with van der Waals surface area (Å²) in [5.41, 5.74) is 0.651. The Morgan fingerprint density at radius 2 is 1.73 bits per heavy atom. The lowest BCUT2D eigenvalue weighted by Gasteiger charge is -2.46. The number of carboxylic acid groups (broad SMARTS) is 1. The number of carbonyl (C=O) groups excluding carboxylic acids is 2. The zero-order valence-corrected chi connectivity index (χ0v) is 24.0. The van der Waals surface area contributed by atoms with Gasteiger partial charge in [-0.05, 0) is 73.8 Å². The van der Waals surface area contributed by atoms with Crippen molar-refractivity contribution in [1.82, 2.24) is 10.2 Å². The molecule has 1 saturated carbocycles. The molecule has 1 aliphatic carbocycles. The van der Waals surface area contributed by atoms with Gasteiger partial charge < -0.3 is 15.3 Å². The van der Waals surface area contributed by atoms with Crippen molar-refractivity contribution in [2.75, 3.05) is 6.54 Å². The second kappa shape index (κ2) is 12.9. The van der Waals surface area contributed by atoms with E-state index in [1.54, 1.807) is 12.1 Å². The SMILES string of the molecule is CCCCC(c1ccc(C(=O)NCCC(=O)O)cc1)N1C(=O)C(c2cc(F)cc(F)c2)=NC12CCC(C(C)C)CC2. The number of aliphatic imine (C=N–C) groups is 1. The fourth-order valence-corrected chi connectivity index (χ4v) is 6.13. The molecule has 0 aromatic heterocycles. The van der Waals surface area contributed by atoms with E-state index in [1.807, 2.05) is 17.0 Å². The van der Waals surface area contributed by atoms with Crippen LogP contribution in [0, 0.1) is 23.5 Å². The average Bonchev–Trinajstić information content (AvgIpc) is 3.20. The first-order valence-electron chi connectivity index (χ1n) is 14.5. The van der Waals surface area contributed by atoms with Crippen LogP contribution in [0.3, 0.4) is 0 Å². The Labute approximate surface area is 240 Å². The largest absolute Gasteiger partial charge is 0.481 e. The van der Waals surface area contributed by atoms with Crippen LogP contribution in [0.4, 0.5) is 8.78 Å². The van der Waals surface area contributed by atoms with E-state index in [4.69, 9.17) is 10.1 Å². The summed E-state index contributed by atoms with van der Waals surface area (Å²) >= 11 is 0. The van der Waals surface area contributed by atoms with Crippen LogP contribution in [-0.2, 0) is 9.59 Å². The molecule has 2 N–H and O–H groups in total. The second-order valence-electron chi connectivity index (χ2n) is 11.5. The monoisotopic (exact) mass is 567 g/mol. The van der Waals surface area contributed by atoms with E-state index >= 15 is 0 Å². The molecule has 2 aromatic rings. The van der Waals surface area contributed by atoms with Crippen molar-refractivity contribution < 1.29 is 28.3 Å². The van der Waals surface area contributed by atoms with Crippen LogP contribution < -0.4 is 5.32 Å². The molecule has 220 valence electrons. The Kier molecular flexibility index (Phi) is 9.56. The molecule has 2 aromatic carbocycles. The van der Waals surface area contributed by atoms with Crippen LogP contribution >= 0.6 is 0 Å². The number of amides is 2. The molecule has 7 nitrogen and oxygen atoms in total. The highest BCUT2D eigenvalue weighted by molar-refractivity contribution is 6.46. The summed E-state index contributed by atoms with van der Waals surface area (Å²) in [6.45, 7) is 6.51. The predicted octanol–water partition coefficient (Wildman–Crippen LogP) is 6.27. The van der Waals surface area contributed by atoms with Crippen LogP contribution in [0.15, 0.2) is 47.5 Å². The van der Waals surface area contributed by atoms with E-state index in [1.165, 1.54) is 0 Å². The normalized spacial score (nSPS) is 21.3. The van der Waals surface area contributed by atoms with E-state index in [2.05, 4.69) is 26.1 Å². The minimum Gasteiger partial charge on any atom is -0.481 e. The van der Waals surface area contributed by atoms with Crippen molar-refractivity contribution in [3.63, 3.8) is 0 Å². The van der Waals surface area contributed by atoms with Crippen molar-refractivity contribution in [3.8, 4) is 0 Å². The molecule has 1 unspecified atom stereocenters. The minimum absolute atomic E-state index is 0.0258. The molecule has 2 aliphatic rings. The molecule has 2 amide bonds. The molecule has 1 aliphatic heterocycles. The summed E-state index contributed by atoms with van der Waals surface area (Å²) < 4.78 is 28.4. The Morgan fingerprint density at radius 3 is 2.29 bits per heavy atom. The van der Waals surface area contributed by atoms with E-state index < -0.39 is 23.3 Å². The molecule has 0 radical (unpaired) electrons. The van der Waals surface area contributed by atoms with Gasteiger partial charge in [0.05, 0.1) is 12.5 Å². The van der Waals surface area contributed by atoms with Crippen LogP contribution in [0.1, 0.15) is 99.7 Å². The number of hydrogen-bond acceptors (Lipinski definition) is 4. The van der Waals surface area contributed by atoms with Gasteiger partial charge in [-0.3, -0.25) is 19.4 Å². The van der Waals surface area contributed by atoms with E-state index in [9.17, 15) is 23.2 Å². The van der Waals surface area contributed by atoms with Gasteiger partial charge in [-0.25, -0.2) is 8.78 Å². The van der Waals surface area contributed by atoms with E-state index in [-0.39, 0.29) is 42.1 Å². The van der Waals surface area contributed by atoms with Gasteiger partial charge in [0.2, 0.25) is 0 Å². The Hall–Kier alpha value is -3.62. The first kappa shape index (κ1) is 30.3. The summed E-state index contributed by atoms with van der Waals surface area (Å²) in [5, 5.41) is 11.4. The summed E-state index contributed by atoms with van der Waals surface area (Å²) in [7, 11) is 0. The molecule has 1 heterocycles. The number of hydrogen-bond donors (Lipinski definition) is 2. The highest BCUT2D eigenvalue weighted by atomic mass is 19.1. The zero-order chi connectivity index (χ0) is 29.7. The van der Waals surface area contributed by atoms with E-state index in [0.717, 1.165) is 49.4 Å². The molecular weight excluding hydrogens is 528 g/mol. The lowest BCUT2D eigenvalue weighted by atomic mass is 9.76. The number of halogens is 2. The van der Waals surface area contributed by atoms with Gasteiger partial charge in [-0.2, -0.15) is 0 Å². The summed E-state index contributed by atoms with van der Waals surface area (Å²) in [5.74, 6) is -2.21. The van der Waals surface area contributed by atoms with Crippen LogP contribution in [-0.4, -0.2) is 45.7 Å². The molecule has 4 rings (SSSR count). The summed E-state index contributed by atoms with van der Waals surface area (Å²) in [6, 6.07) is 9.77. The maximum atomic E-state index is 14.2. The maximum Gasteiger partial charge on any atom is 0.305 e. The quantitative estimate of drug-likeness (QED) is 0.334. The molecule has 1 spiro atoms. The Morgan fingerprint density at radius 1 is 1.10 bits per heavy atom. The number of carboxylic acids is 1. The molecule has 0 bridgehead atoms. The smallest absolute Gasteiger partial charge is 0.305 e. The third kappa shape index (κ3) is 6.82. The number of unbranched alkanes of at least 4 members (excludes halogenated alkanes) is 1. The first-order chi connectivity index (χ1) is 19.5. The fraction of sp³-hybridized carbons (Fsp3) is 0.500. The Bertz CT molecular complexity index is 1280. The first-order valence-corrected chi connectivity index (χ1v) is 14.5. The zero-order valence-electron chi connectivity index (χ0n) is 24.0. The molecule has 1 atom stereocenters. The number of benzene rings is 2. The van der Waals surface area contributed by atoms with Gasteiger partial charge in [0.25, 0.3) is 11.8 Å². The molecule has 41 heavy (non-hydrogen) atoms. The highest BCUT2D eigenvalue weighted by Gasteiger charge is 2.52. The van der Waals surface area contributed by atoms with Gasteiger partial charge in [0.1, 0.15) is 23.0 Å². The third-order valence-corrected chi connectivity index (χ3v) is 8.42. The summed E-state index contributed by atoms with van der Waals surface area (Å²) in [6.07, 6.45) is 5.37. The average molecular weight is 568 g/mol. The number of rotatable bonds is 11. The van der Waals surface area contributed by atoms with Crippen molar-refractivity contribution in [1.29, 1.82) is 0 Å². The lowest BCUT2D eigenvalue weighted by molar-refractivity contribution is -0.137. The van der Waals surface area contributed by atoms with Crippen LogP contribution in [0.2, 0.25) is 0 Å². The summed E-state index contributed by atoms with van der Waals surface area (Å²) in [4.78, 5) is 44.3. The van der Waals surface area contributed by atoms with Gasteiger partial charge in [0, 0.05) is 23.7 Å². The van der Waals surface area contributed by atoms with Crippen LogP contribution in [0.5, 0.6) is 0 Å². The standard InChI is InChI=1S/C32H39F2N3O4/c1-4-5-6-27(22-7-9-23(10-8-22)30(40)35-16-13-28(38)39)37-31(41)29(24-17-25(33)19-26(34)18-24)36-32(37)14-11-21(12-15-32)20(2)3/h7-10,17-21,27H,4-6,11-16H2,1-3H3,(H,35,40)(H,38,39). The fourth-order valence-electron chi connectivity index (χ4n) is 6.13. The molecular formula is C32H39F2N3O4. The minimum atomic E-state index is -0.992. The topological polar surface area (TPSA) is 99.1 Å². The number of nitrogens with one attached hydrogen (secondary N) is 1. The van der Waals surface area contributed by atoms with Crippen molar-refractivity contribution >= 4 is 23.5 Å². The molecule has 1 fully saturated rings. The number of carbonyl (C=O) groups is 3.